The first kappa shape index (κ1) is 13.3. The lowest BCUT2D eigenvalue weighted by molar-refractivity contribution is 0.317. The van der Waals surface area contributed by atoms with Crippen molar-refractivity contribution in [3.8, 4) is 0 Å². The molecule has 1 aliphatic rings. The predicted octanol–water partition coefficient (Wildman–Crippen LogP) is 0.290. The van der Waals surface area contributed by atoms with E-state index in [2.05, 4.69) is 34.6 Å². The molecule has 0 saturated carbocycles. The Balaban J connectivity index is 2.28. The summed E-state index contributed by atoms with van der Waals surface area (Å²) < 4.78 is 0. The van der Waals surface area contributed by atoms with Gasteiger partial charge in [0.1, 0.15) is 0 Å². The molecule has 1 saturated heterocycles. The minimum atomic E-state index is 0.580. The summed E-state index contributed by atoms with van der Waals surface area (Å²) in [6.45, 7) is 5.12. The lowest BCUT2D eigenvalue weighted by Crippen LogP contribution is -2.42. The molecular formula is C11H25N5. The average Bonchev–Trinajstić information content (AvgIpc) is 2.69. The highest BCUT2D eigenvalue weighted by Crippen LogP contribution is 2.14. The summed E-state index contributed by atoms with van der Waals surface area (Å²) in [5.41, 5.74) is 2.62. The summed E-state index contributed by atoms with van der Waals surface area (Å²) in [6, 6.07) is 0.580. The van der Waals surface area contributed by atoms with E-state index in [0.29, 0.717) is 12.0 Å². The lowest BCUT2D eigenvalue weighted by Gasteiger charge is -2.17. The number of unbranched alkanes of at least 4 members (excludes halogenated alkanes) is 1. The van der Waals surface area contributed by atoms with Crippen LogP contribution >= 0.6 is 0 Å². The Bertz CT molecular complexity index is 216. The van der Waals surface area contributed by atoms with Gasteiger partial charge in [-0.05, 0) is 32.9 Å². The summed E-state index contributed by atoms with van der Waals surface area (Å²) in [5.74, 6) is 6.13. The number of aliphatic imine (C=N–C) groups is 1. The molecule has 0 spiro atoms. The van der Waals surface area contributed by atoms with Gasteiger partial charge in [-0.25, -0.2) is 5.84 Å². The van der Waals surface area contributed by atoms with Crippen molar-refractivity contribution in [2.45, 2.75) is 38.6 Å². The fraction of sp³-hybridized carbons (Fsp3) is 0.909. The third-order valence-corrected chi connectivity index (χ3v) is 3.09. The van der Waals surface area contributed by atoms with Gasteiger partial charge in [-0.15, -0.1) is 0 Å². The minimum Gasteiger partial charge on any atom is -0.355 e. The van der Waals surface area contributed by atoms with E-state index in [1.807, 2.05) is 0 Å². The maximum atomic E-state index is 5.42. The third kappa shape index (κ3) is 4.37. The number of nitrogens with zero attached hydrogens (tertiary/aromatic N) is 2. The minimum absolute atomic E-state index is 0.580. The Kier molecular flexibility index (Phi) is 6.18. The molecule has 1 atom stereocenters. The van der Waals surface area contributed by atoms with Crippen LogP contribution in [-0.2, 0) is 0 Å². The van der Waals surface area contributed by atoms with Crippen molar-refractivity contribution in [3.63, 3.8) is 0 Å². The largest absolute Gasteiger partial charge is 0.355 e. The van der Waals surface area contributed by atoms with Crippen LogP contribution in [0.3, 0.4) is 0 Å². The number of likely N-dealkylation sites (N-methyl/N-ethyl adjacent to an activating group) is 1. The Morgan fingerprint density at radius 3 is 2.94 bits per heavy atom. The van der Waals surface area contributed by atoms with Crippen molar-refractivity contribution in [1.29, 1.82) is 0 Å². The van der Waals surface area contributed by atoms with Crippen LogP contribution in [0.1, 0.15) is 32.6 Å². The van der Waals surface area contributed by atoms with Gasteiger partial charge >= 0.3 is 0 Å². The molecule has 5 nitrogen and oxygen atoms in total. The van der Waals surface area contributed by atoms with Gasteiger partial charge in [0.05, 0.1) is 6.54 Å². The molecule has 0 aromatic heterocycles. The number of likely N-dealkylation sites (tertiary alicyclic amines) is 1. The van der Waals surface area contributed by atoms with E-state index in [9.17, 15) is 0 Å². The molecule has 1 unspecified atom stereocenters. The molecule has 4 N–H and O–H groups in total. The van der Waals surface area contributed by atoms with Crippen LogP contribution < -0.4 is 16.6 Å². The first-order valence-corrected chi connectivity index (χ1v) is 6.23. The third-order valence-electron chi connectivity index (χ3n) is 3.09. The topological polar surface area (TPSA) is 65.7 Å². The highest BCUT2D eigenvalue weighted by molar-refractivity contribution is 5.79. The first-order chi connectivity index (χ1) is 7.77. The first-order valence-electron chi connectivity index (χ1n) is 6.23. The predicted molar refractivity (Wildman–Crippen MR) is 68.2 cm³/mol. The normalized spacial score (nSPS) is 22.4. The molecular weight excluding hydrogens is 202 g/mol. The van der Waals surface area contributed by atoms with Crippen LogP contribution in [0.25, 0.3) is 0 Å². The van der Waals surface area contributed by atoms with E-state index in [-0.39, 0.29) is 0 Å². The van der Waals surface area contributed by atoms with Gasteiger partial charge in [0.2, 0.25) is 5.96 Å². The Morgan fingerprint density at radius 1 is 1.56 bits per heavy atom. The van der Waals surface area contributed by atoms with Crippen LogP contribution in [-0.4, -0.2) is 43.6 Å². The van der Waals surface area contributed by atoms with E-state index in [1.54, 1.807) is 0 Å². The molecule has 1 rings (SSSR count). The Labute approximate surface area is 98.4 Å². The zero-order valence-electron chi connectivity index (χ0n) is 10.5. The van der Waals surface area contributed by atoms with Crippen molar-refractivity contribution in [2.24, 2.45) is 10.8 Å². The molecule has 94 valence electrons. The van der Waals surface area contributed by atoms with E-state index >= 15 is 0 Å². The summed E-state index contributed by atoms with van der Waals surface area (Å²) in [6.07, 6.45) is 4.85. The van der Waals surface area contributed by atoms with Crippen LogP contribution in [0.2, 0.25) is 0 Å². The maximum absolute atomic E-state index is 5.42. The quantitative estimate of drug-likeness (QED) is 0.208. The zero-order valence-corrected chi connectivity index (χ0v) is 10.5. The Hall–Kier alpha value is -0.810. The molecule has 0 bridgehead atoms. The average molecular weight is 227 g/mol. The molecule has 0 aliphatic carbocycles. The molecule has 1 fully saturated rings. The number of hydrogen-bond acceptors (Lipinski definition) is 3. The smallest absolute Gasteiger partial charge is 0.205 e. The zero-order chi connectivity index (χ0) is 11.8. The second-order valence-electron chi connectivity index (χ2n) is 4.39. The van der Waals surface area contributed by atoms with Gasteiger partial charge in [0.25, 0.3) is 0 Å². The molecule has 16 heavy (non-hydrogen) atoms. The van der Waals surface area contributed by atoms with E-state index in [0.717, 1.165) is 19.5 Å². The second-order valence-corrected chi connectivity index (χ2v) is 4.39. The summed E-state index contributed by atoms with van der Waals surface area (Å²) in [5, 5.41) is 3.20. The molecule has 0 amide bonds. The van der Waals surface area contributed by atoms with Gasteiger partial charge in [-0.3, -0.25) is 10.4 Å². The fourth-order valence-corrected chi connectivity index (χ4v) is 1.94. The van der Waals surface area contributed by atoms with Crippen molar-refractivity contribution >= 4 is 5.96 Å². The standard InChI is InChI=1S/C11H25N5/c1-3-4-7-13-11(15-12)14-9-10-6-5-8-16(10)2/h10H,3-9,12H2,1-2H3,(H2,13,14,15). The van der Waals surface area contributed by atoms with Crippen LogP contribution in [0.4, 0.5) is 0 Å². The number of hydrazine groups is 1. The van der Waals surface area contributed by atoms with Crippen LogP contribution in [0.5, 0.6) is 0 Å². The van der Waals surface area contributed by atoms with Gasteiger partial charge < -0.3 is 10.2 Å². The molecule has 0 aromatic rings. The monoisotopic (exact) mass is 227 g/mol. The van der Waals surface area contributed by atoms with Crippen molar-refractivity contribution in [1.82, 2.24) is 15.6 Å². The van der Waals surface area contributed by atoms with Gasteiger partial charge in [-0.2, -0.15) is 0 Å². The number of rotatable bonds is 5. The molecule has 1 heterocycles. The van der Waals surface area contributed by atoms with E-state index < -0.39 is 0 Å². The van der Waals surface area contributed by atoms with Crippen molar-refractivity contribution in [3.05, 3.63) is 0 Å². The number of nitrogens with one attached hydrogen (secondary N) is 2. The van der Waals surface area contributed by atoms with Gasteiger partial charge in [0, 0.05) is 12.6 Å². The van der Waals surface area contributed by atoms with Crippen molar-refractivity contribution in [2.75, 3.05) is 26.7 Å². The van der Waals surface area contributed by atoms with Crippen LogP contribution in [0, 0.1) is 0 Å². The van der Waals surface area contributed by atoms with E-state index in [4.69, 9.17) is 5.84 Å². The molecule has 5 heteroatoms. The molecule has 0 aromatic carbocycles. The fourth-order valence-electron chi connectivity index (χ4n) is 1.94. The van der Waals surface area contributed by atoms with Gasteiger partial charge in [-0.1, -0.05) is 13.3 Å². The lowest BCUT2D eigenvalue weighted by atomic mass is 10.2. The van der Waals surface area contributed by atoms with Crippen LogP contribution in [0.15, 0.2) is 4.99 Å². The van der Waals surface area contributed by atoms with Gasteiger partial charge in [0.15, 0.2) is 0 Å². The SMILES string of the molecule is CCCCNC(=NCC1CCCN1C)NN. The highest BCUT2D eigenvalue weighted by atomic mass is 15.3. The second kappa shape index (κ2) is 7.46. The summed E-state index contributed by atoms with van der Waals surface area (Å²) in [7, 11) is 2.16. The van der Waals surface area contributed by atoms with E-state index in [1.165, 1.54) is 25.8 Å². The number of nitrogens with two attached hydrogens (primary N) is 1. The molecule has 0 radical (unpaired) electrons. The number of hydrogen-bond donors (Lipinski definition) is 3. The molecule has 1 aliphatic heterocycles. The summed E-state index contributed by atoms with van der Waals surface area (Å²) in [4.78, 5) is 6.84. The maximum Gasteiger partial charge on any atom is 0.205 e. The Morgan fingerprint density at radius 2 is 2.38 bits per heavy atom. The summed E-state index contributed by atoms with van der Waals surface area (Å²) >= 11 is 0. The number of guanidine groups is 1. The van der Waals surface area contributed by atoms with Crippen molar-refractivity contribution < 1.29 is 0 Å². The highest BCUT2D eigenvalue weighted by Gasteiger charge is 2.20.